The maximum absolute atomic E-state index is 5.87. The van der Waals surface area contributed by atoms with Gasteiger partial charge in [0.05, 0.1) is 17.8 Å². The topological polar surface area (TPSA) is 50.3 Å². The van der Waals surface area contributed by atoms with Crippen LogP contribution in [-0.4, -0.2) is 41.6 Å². The van der Waals surface area contributed by atoms with Gasteiger partial charge in [0, 0.05) is 37.8 Å². The summed E-state index contributed by atoms with van der Waals surface area (Å²) in [5.41, 5.74) is 2.87. The number of morpholine rings is 1. The summed E-state index contributed by atoms with van der Waals surface area (Å²) >= 11 is 1.70. The number of hydrogen-bond donors (Lipinski definition) is 1. The number of pyridine rings is 1. The SMILES string of the molecule is CNc1cccc(C2CN(Cc3cncs3)CCO2)n1. The number of hydrogen-bond acceptors (Lipinski definition) is 6. The molecule has 1 aliphatic rings. The van der Waals surface area contributed by atoms with Crippen molar-refractivity contribution in [2.24, 2.45) is 0 Å². The Morgan fingerprint density at radius 3 is 3.25 bits per heavy atom. The van der Waals surface area contributed by atoms with Crippen molar-refractivity contribution in [2.45, 2.75) is 12.6 Å². The van der Waals surface area contributed by atoms with Gasteiger partial charge in [0.2, 0.25) is 0 Å². The van der Waals surface area contributed by atoms with E-state index in [1.165, 1.54) is 4.88 Å². The Morgan fingerprint density at radius 1 is 1.50 bits per heavy atom. The molecule has 0 saturated carbocycles. The lowest BCUT2D eigenvalue weighted by Crippen LogP contribution is -2.37. The normalized spacial score (nSPS) is 19.9. The fourth-order valence-electron chi connectivity index (χ4n) is 2.34. The third-order valence-corrected chi connectivity index (χ3v) is 4.13. The number of nitrogens with zero attached hydrogens (tertiary/aromatic N) is 3. The molecule has 1 aliphatic heterocycles. The molecule has 106 valence electrons. The summed E-state index contributed by atoms with van der Waals surface area (Å²) in [6.45, 7) is 3.52. The van der Waals surface area contributed by atoms with E-state index in [-0.39, 0.29) is 6.10 Å². The Bertz CT molecular complexity index is 546. The Hall–Kier alpha value is -1.50. The van der Waals surface area contributed by atoms with E-state index in [9.17, 15) is 0 Å². The van der Waals surface area contributed by atoms with Crippen LogP contribution in [0.2, 0.25) is 0 Å². The van der Waals surface area contributed by atoms with Crippen LogP contribution in [0, 0.1) is 0 Å². The molecule has 3 rings (SSSR count). The second kappa shape index (κ2) is 6.30. The molecule has 20 heavy (non-hydrogen) atoms. The van der Waals surface area contributed by atoms with Crippen molar-refractivity contribution in [1.29, 1.82) is 0 Å². The van der Waals surface area contributed by atoms with E-state index in [1.807, 2.05) is 37.0 Å². The molecule has 6 heteroatoms. The van der Waals surface area contributed by atoms with E-state index in [2.05, 4.69) is 20.2 Å². The van der Waals surface area contributed by atoms with Crippen molar-refractivity contribution in [3.05, 3.63) is 40.5 Å². The molecule has 0 bridgehead atoms. The van der Waals surface area contributed by atoms with Gasteiger partial charge in [-0.05, 0) is 12.1 Å². The van der Waals surface area contributed by atoms with Gasteiger partial charge in [-0.15, -0.1) is 11.3 Å². The summed E-state index contributed by atoms with van der Waals surface area (Å²) in [6, 6.07) is 6.00. The van der Waals surface area contributed by atoms with Gasteiger partial charge in [0.15, 0.2) is 0 Å². The minimum absolute atomic E-state index is 0.0463. The number of anilines is 1. The molecule has 1 N–H and O–H groups in total. The van der Waals surface area contributed by atoms with E-state index >= 15 is 0 Å². The summed E-state index contributed by atoms with van der Waals surface area (Å²) in [7, 11) is 1.88. The van der Waals surface area contributed by atoms with Crippen LogP contribution in [0.4, 0.5) is 5.82 Å². The smallest absolute Gasteiger partial charge is 0.126 e. The van der Waals surface area contributed by atoms with Crippen LogP contribution in [0.3, 0.4) is 0 Å². The molecule has 0 amide bonds. The van der Waals surface area contributed by atoms with Gasteiger partial charge in [-0.2, -0.15) is 0 Å². The second-order valence-electron chi connectivity index (χ2n) is 4.76. The van der Waals surface area contributed by atoms with Crippen molar-refractivity contribution in [1.82, 2.24) is 14.9 Å². The minimum Gasteiger partial charge on any atom is -0.373 e. The van der Waals surface area contributed by atoms with Gasteiger partial charge in [0.25, 0.3) is 0 Å². The quantitative estimate of drug-likeness (QED) is 0.935. The molecule has 1 saturated heterocycles. The predicted octanol–water partition coefficient (Wildman–Crippen LogP) is 2.15. The van der Waals surface area contributed by atoms with Crippen LogP contribution < -0.4 is 5.32 Å². The Labute approximate surface area is 122 Å². The lowest BCUT2D eigenvalue weighted by molar-refractivity contribution is -0.0346. The van der Waals surface area contributed by atoms with Crippen LogP contribution in [0.25, 0.3) is 0 Å². The second-order valence-corrected chi connectivity index (χ2v) is 5.73. The molecule has 1 unspecified atom stereocenters. The first-order chi connectivity index (χ1) is 9.85. The van der Waals surface area contributed by atoms with Crippen molar-refractivity contribution >= 4 is 17.2 Å². The highest BCUT2D eigenvalue weighted by Crippen LogP contribution is 2.23. The molecule has 0 radical (unpaired) electrons. The Balaban J connectivity index is 1.68. The highest BCUT2D eigenvalue weighted by Gasteiger charge is 2.23. The lowest BCUT2D eigenvalue weighted by atomic mass is 10.2. The number of nitrogens with one attached hydrogen (secondary N) is 1. The zero-order valence-electron chi connectivity index (χ0n) is 11.5. The molecule has 1 fully saturated rings. The van der Waals surface area contributed by atoms with Crippen LogP contribution in [0.1, 0.15) is 16.7 Å². The van der Waals surface area contributed by atoms with E-state index in [1.54, 1.807) is 11.3 Å². The maximum Gasteiger partial charge on any atom is 0.126 e. The minimum atomic E-state index is 0.0463. The summed E-state index contributed by atoms with van der Waals surface area (Å²) in [5.74, 6) is 0.880. The fourth-order valence-corrected chi connectivity index (χ4v) is 2.97. The fraction of sp³-hybridized carbons (Fsp3) is 0.429. The van der Waals surface area contributed by atoms with E-state index < -0.39 is 0 Å². The molecule has 0 aliphatic carbocycles. The first-order valence-electron chi connectivity index (χ1n) is 6.71. The molecular weight excluding hydrogens is 272 g/mol. The summed E-state index contributed by atoms with van der Waals surface area (Å²) in [6.07, 6.45) is 1.99. The molecule has 1 atom stereocenters. The van der Waals surface area contributed by atoms with Gasteiger partial charge >= 0.3 is 0 Å². The van der Waals surface area contributed by atoms with E-state index in [0.717, 1.165) is 37.8 Å². The first-order valence-corrected chi connectivity index (χ1v) is 7.59. The summed E-state index contributed by atoms with van der Waals surface area (Å²) in [5, 5.41) is 3.07. The number of aromatic nitrogens is 2. The van der Waals surface area contributed by atoms with Crippen molar-refractivity contribution in [2.75, 3.05) is 32.1 Å². The van der Waals surface area contributed by atoms with E-state index in [4.69, 9.17) is 4.74 Å². The molecule has 0 aromatic carbocycles. The van der Waals surface area contributed by atoms with Gasteiger partial charge in [-0.25, -0.2) is 4.98 Å². The van der Waals surface area contributed by atoms with Crippen molar-refractivity contribution in [3.63, 3.8) is 0 Å². The van der Waals surface area contributed by atoms with Gasteiger partial charge < -0.3 is 10.1 Å². The monoisotopic (exact) mass is 290 g/mol. The first kappa shape index (κ1) is 13.5. The van der Waals surface area contributed by atoms with Gasteiger partial charge in [0.1, 0.15) is 11.9 Å². The third-order valence-electron chi connectivity index (χ3n) is 3.37. The molecule has 2 aromatic rings. The summed E-state index contributed by atoms with van der Waals surface area (Å²) < 4.78 is 5.87. The zero-order valence-corrected chi connectivity index (χ0v) is 12.3. The van der Waals surface area contributed by atoms with E-state index in [0.29, 0.717) is 0 Å². The number of ether oxygens (including phenoxy) is 1. The zero-order chi connectivity index (χ0) is 13.8. The van der Waals surface area contributed by atoms with Gasteiger partial charge in [-0.1, -0.05) is 6.07 Å². The highest BCUT2D eigenvalue weighted by atomic mass is 32.1. The van der Waals surface area contributed by atoms with Gasteiger partial charge in [-0.3, -0.25) is 9.88 Å². The third kappa shape index (κ3) is 3.15. The highest BCUT2D eigenvalue weighted by molar-refractivity contribution is 7.09. The molecule has 0 spiro atoms. The largest absolute Gasteiger partial charge is 0.373 e. The van der Waals surface area contributed by atoms with Crippen LogP contribution in [0.15, 0.2) is 29.9 Å². The average molecular weight is 290 g/mol. The lowest BCUT2D eigenvalue weighted by Gasteiger charge is -2.32. The van der Waals surface area contributed by atoms with Crippen LogP contribution >= 0.6 is 11.3 Å². The van der Waals surface area contributed by atoms with Crippen LogP contribution in [-0.2, 0) is 11.3 Å². The van der Waals surface area contributed by atoms with Crippen molar-refractivity contribution < 1.29 is 4.74 Å². The number of thiazole rings is 1. The average Bonchev–Trinajstić information content (AvgIpc) is 3.00. The number of rotatable bonds is 4. The predicted molar refractivity (Wildman–Crippen MR) is 79.9 cm³/mol. The Kier molecular flexibility index (Phi) is 4.25. The standard InChI is InChI=1S/C14H18N4OS/c1-15-14-4-2-3-12(17-14)13-9-18(5-6-19-13)8-11-7-16-10-20-11/h2-4,7,10,13H,5-6,8-9H2,1H3,(H,15,17). The van der Waals surface area contributed by atoms with Crippen LogP contribution in [0.5, 0.6) is 0 Å². The van der Waals surface area contributed by atoms with Crippen molar-refractivity contribution in [3.8, 4) is 0 Å². The summed E-state index contributed by atoms with van der Waals surface area (Å²) in [4.78, 5) is 12.4. The molecule has 5 nitrogen and oxygen atoms in total. The maximum atomic E-state index is 5.87. The molecular formula is C14H18N4OS. The molecule has 3 heterocycles. The molecule has 2 aromatic heterocycles. The Morgan fingerprint density at radius 2 is 2.45 bits per heavy atom.